The highest BCUT2D eigenvalue weighted by atomic mass is 28.4. The molecule has 0 saturated carbocycles. The quantitative estimate of drug-likeness (QED) is 0.0619. The molecule has 0 aromatic rings. The fraction of sp³-hybridized carbons (Fsp3) is 0.927. The number of ether oxygens (including phenoxy) is 3. The number of methoxy groups -OCH3 is 2. The van der Waals surface area contributed by atoms with Gasteiger partial charge in [-0.1, -0.05) is 69.2 Å². The molecule has 3 N–H and O–H groups in total. The van der Waals surface area contributed by atoms with Crippen LogP contribution in [-0.2, 0) is 32.7 Å². The lowest BCUT2D eigenvalue weighted by Crippen LogP contribution is -2.51. The Hall–Kier alpha value is -1.56. The summed E-state index contributed by atoms with van der Waals surface area (Å²) >= 11 is 0. The molecule has 14 heteroatoms. The third-order valence-corrected chi connectivity index (χ3v) is 20.3. The number of carbonyl (C=O) groups excluding carboxylic acids is 3. The number of nitrogens with zero attached hydrogens (tertiary/aromatic N) is 1. The van der Waals surface area contributed by atoms with E-state index in [1.54, 1.807) is 4.90 Å². The number of likely N-dealkylation sites (tertiary alicyclic amines) is 1. The Morgan fingerprint density at radius 3 is 1.58 bits per heavy atom. The van der Waals surface area contributed by atoms with E-state index in [0.29, 0.717) is 31.1 Å². The minimum Gasteiger partial charge on any atom is -0.468 e. The van der Waals surface area contributed by atoms with Crippen LogP contribution < -0.4 is 16.0 Å². The van der Waals surface area contributed by atoms with Crippen LogP contribution in [0.1, 0.15) is 116 Å². The summed E-state index contributed by atoms with van der Waals surface area (Å²) in [5.74, 6) is 0.570. The molecule has 2 aliphatic heterocycles. The molecule has 0 spiro atoms. The average molecular weight is 817 g/mol. The van der Waals surface area contributed by atoms with Gasteiger partial charge in [-0.3, -0.25) is 15.0 Å². The molecular weight excluding hydrogens is 733 g/mol. The van der Waals surface area contributed by atoms with Crippen LogP contribution in [0.15, 0.2) is 0 Å². The van der Waals surface area contributed by atoms with Crippen molar-refractivity contribution in [1.82, 2.24) is 20.9 Å². The molecule has 0 aliphatic carbocycles. The van der Waals surface area contributed by atoms with Crippen LogP contribution in [-0.4, -0.2) is 122 Å². The van der Waals surface area contributed by atoms with Crippen LogP contribution in [0.5, 0.6) is 0 Å². The zero-order chi connectivity index (χ0) is 42.7. The predicted molar refractivity (Wildman–Crippen MR) is 228 cm³/mol. The summed E-state index contributed by atoms with van der Waals surface area (Å²) in [7, 11) is -1.17. The van der Waals surface area contributed by atoms with Gasteiger partial charge in [0.1, 0.15) is 17.7 Å². The summed E-state index contributed by atoms with van der Waals surface area (Å²) in [5, 5.41) is 10.6. The van der Waals surface area contributed by atoms with E-state index in [9.17, 15) is 14.4 Å². The van der Waals surface area contributed by atoms with Gasteiger partial charge in [0.2, 0.25) is 0 Å². The lowest BCUT2D eigenvalue weighted by Gasteiger charge is -2.40. The van der Waals surface area contributed by atoms with Gasteiger partial charge in [-0.05, 0) is 114 Å². The second-order valence-electron chi connectivity index (χ2n) is 20.4. The largest absolute Gasteiger partial charge is 0.468 e. The minimum absolute atomic E-state index is 0.0214. The fourth-order valence-electron chi connectivity index (χ4n) is 6.21. The summed E-state index contributed by atoms with van der Waals surface area (Å²) in [4.78, 5) is 39.3. The molecule has 2 fully saturated rings. The van der Waals surface area contributed by atoms with Gasteiger partial charge in [-0.25, -0.2) is 9.59 Å². The van der Waals surface area contributed by atoms with Crippen LogP contribution in [0, 0.1) is 11.8 Å². The van der Waals surface area contributed by atoms with Crippen LogP contribution in [0.3, 0.4) is 0 Å². The van der Waals surface area contributed by atoms with Crippen LogP contribution in [0.25, 0.3) is 0 Å². The van der Waals surface area contributed by atoms with Gasteiger partial charge < -0.3 is 33.7 Å². The SMILES string of the molecule is COC(=O)[C@@H]1C[C@@H](O[Si](C)(C)C(C)(C)C)[C@@H](CCNCC(C)C)N1.COC(=O)[C@@H]1C[C@@H](O[Si](C)(C)C(C)(C)C)[C@@H](CCNCC(C)C)N1C(=O)OC(C)(C)C. The Balaban J connectivity index is 0.000000568. The zero-order valence-electron chi connectivity index (χ0n) is 38.5. The van der Waals surface area contributed by atoms with Crippen LogP contribution in [0.2, 0.25) is 36.3 Å². The molecule has 2 rings (SSSR count). The molecular formula is C41H84N4O8Si2. The van der Waals surface area contributed by atoms with E-state index in [4.69, 9.17) is 23.1 Å². The first kappa shape index (κ1) is 51.5. The predicted octanol–water partition coefficient (Wildman–Crippen LogP) is 7.48. The molecule has 2 heterocycles. The van der Waals surface area contributed by atoms with Crippen molar-refractivity contribution in [3.63, 3.8) is 0 Å². The highest BCUT2D eigenvalue weighted by molar-refractivity contribution is 6.74. The van der Waals surface area contributed by atoms with E-state index in [1.165, 1.54) is 14.2 Å². The Labute approximate surface area is 338 Å². The van der Waals surface area contributed by atoms with Crippen molar-refractivity contribution in [2.75, 3.05) is 40.4 Å². The van der Waals surface area contributed by atoms with Crippen molar-refractivity contribution in [2.24, 2.45) is 11.8 Å². The Morgan fingerprint density at radius 1 is 0.709 bits per heavy atom. The minimum atomic E-state index is -2.11. The third-order valence-electron chi connectivity index (χ3n) is 11.3. The molecule has 6 atom stereocenters. The number of carbonyl (C=O) groups is 3. The maximum absolute atomic E-state index is 13.2. The van der Waals surface area contributed by atoms with Gasteiger partial charge in [0, 0.05) is 12.5 Å². The molecule has 2 saturated heterocycles. The number of esters is 2. The summed E-state index contributed by atoms with van der Waals surface area (Å²) in [5.41, 5.74) is -0.656. The van der Waals surface area contributed by atoms with Crippen molar-refractivity contribution in [2.45, 2.75) is 194 Å². The van der Waals surface area contributed by atoms with Crippen LogP contribution >= 0.6 is 0 Å². The molecule has 2 aliphatic rings. The molecule has 55 heavy (non-hydrogen) atoms. The normalized spacial score (nSPS) is 23.8. The Kier molecular flexibility index (Phi) is 20.1. The topological polar surface area (TPSA) is 137 Å². The lowest BCUT2D eigenvalue weighted by molar-refractivity contribution is -0.146. The van der Waals surface area contributed by atoms with Crippen molar-refractivity contribution >= 4 is 34.7 Å². The fourth-order valence-corrected chi connectivity index (χ4v) is 8.95. The number of rotatable bonds is 16. The second kappa shape index (κ2) is 21.4. The van der Waals surface area contributed by atoms with Gasteiger partial charge in [-0.2, -0.15) is 0 Å². The van der Waals surface area contributed by atoms with E-state index in [2.05, 4.69) is 111 Å². The summed E-state index contributed by atoms with van der Waals surface area (Å²) in [6.45, 7) is 40.1. The molecule has 12 nitrogen and oxygen atoms in total. The lowest BCUT2D eigenvalue weighted by atomic mass is 10.1. The van der Waals surface area contributed by atoms with Crippen LogP contribution in [0.4, 0.5) is 4.79 Å². The first-order valence-corrected chi connectivity index (χ1v) is 26.5. The molecule has 0 aromatic heterocycles. The molecule has 324 valence electrons. The van der Waals surface area contributed by atoms with Gasteiger partial charge in [-0.15, -0.1) is 0 Å². The van der Waals surface area contributed by atoms with Gasteiger partial charge in [0.05, 0.1) is 32.5 Å². The van der Waals surface area contributed by atoms with E-state index in [0.717, 1.165) is 32.6 Å². The average Bonchev–Trinajstić information content (AvgIpc) is 3.59. The summed E-state index contributed by atoms with van der Waals surface area (Å²) < 4.78 is 29.0. The summed E-state index contributed by atoms with van der Waals surface area (Å²) in [6, 6.07) is -1.01. The smallest absolute Gasteiger partial charge is 0.411 e. The first-order valence-electron chi connectivity index (χ1n) is 20.7. The van der Waals surface area contributed by atoms with E-state index in [1.807, 2.05) is 20.8 Å². The second-order valence-corrected chi connectivity index (χ2v) is 29.9. The maximum Gasteiger partial charge on any atom is 0.411 e. The zero-order valence-corrected chi connectivity index (χ0v) is 40.5. The van der Waals surface area contributed by atoms with Gasteiger partial charge in [0.15, 0.2) is 16.6 Å². The van der Waals surface area contributed by atoms with Crippen molar-refractivity contribution in [3.05, 3.63) is 0 Å². The maximum atomic E-state index is 13.2. The number of amides is 1. The first-order chi connectivity index (χ1) is 25.0. The number of nitrogens with one attached hydrogen (secondary N) is 3. The van der Waals surface area contributed by atoms with Gasteiger partial charge in [0.25, 0.3) is 0 Å². The summed E-state index contributed by atoms with van der Waals surface area (Å²) in [6.07, 6.45) is 2.12. The monoisotopic (exact) mass is 817 g/mol. The van der Waals surface area contributed by atoms with Crippen molar-refractivity contribution < 1.29 is 37.4 Å². The van der Waals surface area contributed by atoms with Gasteiger partial charge >= 0.3 is 18.0 Å². The number of hydrogen-bond acceptors (Lipinski definition) is 11. The highest BCUT2D eigenvalue weighted by Crippen LogP contribution is 2.42. The van der Waals surface area contributed by atoms with Crippen molar-refractivity contribution in [1.29, 1.82) is 0 Å². The Morgan fingerprint density at radius 2 is 1.16 bits per heavy atom. The standard InChI is InChI=1S/C23H46N2O5Si.C18H38N2O3Si/c1-16(2)15-24-13-12-17-19(30-31(10,11)23(6,7)8)14-18(20(26)28-9)25(17)21(27)29-22(3,4)5;1-13(2)12-19-10-9-14-16(11-15(20-14)17(21)22-6)23-24(7,8)18(3,4)5/h16-19,24H,12-15H2,1-11H3;13-16,19-20H,9-12H2,1-8H3/t17-,18+,19-;14-,15+,16-/m11/s1. The molecule has 0 radical (unpaired) electrons. The van der Waals surface area contributed by atoms with E-state index < -0.39 is 40.3 Å². The molecule has 0 bridgehead atoms. The number of hydrogen-bond donors (Lipinski definition) is 3. The van der Waals surface area contributed by atoms with E-state index in [-0.39, 0.29) is 46.4 Å². The Bertz CT molecular complexity index is 1200. The molecule has 0 unspecified atom stereocenters. The van der Waals surface area contributed by atoms with Crippen molar-refractivity contribution in [3.8, 4) is 0 Å². The molecule has 1 amide bonds. The highest BCUT2D eigenvalue weighted by Gasteiger charge is 2.52. The van der Waals surface area contributed by atoms with E-state index >= 15 is 0 Å². The third kappa shape index (κ3) is 16.7. The molecule has 0 aromatic carbocycles.